The van der Waals surface area contributed by atoms with E-state index in [0.717, 1.165) is 20.3 Å². The predicted octanol–water partition coefficient (Wildman–Crippen LogP) is 4.61. The number of halogens is 2. The molecule has 2 aromatic carbocycles. The topological polar surface area (TPSA) is 70.5 Å². The Hall–Kier alpha value is -1.24. The maximum atomic E-state index is 5.96. The van der Waals surface area contributed by atoms with Crippen molar-refractivity contribution in [1.29, 1.82) is 0 Å². The van der Waals surface area contributed by atoms with Gasteiger partial charge in [-0.2, -0.15) is 0 Å². The zero-order valence-corrected chi connectivity index (χ0v) is 14.9. The Morgan fingerprint density at radius 1 is 1.10 bits per heavy atom. The fraction of sp³-hybridized carbons (Fsp3) is 0.200. The van der Waals surface area contributed by atoms with Gasteiger partial charge in [-0.05, 0) is 69.1 Å². The lowest BCUT2D eigenvalue weighted by molar-refractivity contribution is 0.404. The van der Waals surface area contributed by atoms with E-state index in [0.29, 0.717) is 17.2 Å². The number of nitrogen functional groups attached to an aromatic ring is 1. The van der Waals surface area contributed by atoms with Crippen molar-refractivity contribution in [3.8, 4) is 17.2 Å². The van der Waals surface area contributed by atoms with Crippen LogP contribution in [0.5, 0.6) is 17.2 Å². The summed E-state index contributed by atoms with van der Waals surface area (Å²) in [6.07, 6.45) is 0. The van der Waals surface area contributed by atoms with Crippen LogP contribution in [-0.2, 0) is 0 Å². The lowest BCUT2D eigenvalue weighted by atomic mass is 10.1. The lowest BCUT2D eigenvalue weighted by Crippen LogP contribution is -2.07. The van der Waals surface area contributed by atoms with Gasteiger partial charge in [-0.15, -0.1) is 0 Å². The molecule has 0 bridgehead atoms. The molecule has 0 aliphatic carbocycles. The number of rotatable bonds is 4. The van der Waals surface area contributed by atoms with E-state index in [1.807, 2.05) is 25.1 Å². The van der Waals surface area contributed by atoms with Crippen LogP contribution in [0.2, 0.25) is 0 Å². The highest BCUT2D eigenvalue weighted by Crippen LogP contribution is 2.39. The van der Waals surface area contributed by atoms with Crippen molar-refractivity contribution >= 4 is 37.5 Å². The smallest absolute Gasteiger partial charge is 0.155 e. The highest BCUT2D eigenvalue weighted by atomic mass is 79.9. The van der Waals surface area contributed by atoms with Crippen molar-refractivity contribution in [3.05, 3.63) is 44.8 Å². The van der Waals surface area contributed by atoms with Crippen molar-refractivity contribution in [2.24, 2.45) is 5.73 Å². The molecule has 1 unspecified atom stereocenters. The standard InChI is InChI=1S/C15H16Br2N2O2/c1-8(18)11-7-10(3-4-14(11)20-2)21-15-12(16)5-9(19)6-13(15)17/h3-8H,18-19H2,1-2H3. The molecule has 0 amide bonds. The molecule has 0 saturated carbocycles. The molecule has 2 rings (SSSR count). The highest BCUT2D eigenvalue weighted by Gasteiger charge is 2.13. The Morgan fingerprint density at radius 3 is 2.24 bits per heavy atom. The van der Waals surface area contributed by atoms with Crippen LogP contribution in [0.25, 0.3) is 0 Å². The molecule has 21 heavy (non-hydrogen) atoms. The van der Waals surface area contributed by atoms with Crippen LogP contribution in [0.4, 0.5) is 5.69 Å². The molecule has 4 N–H and O–H groups in total. The Kier molecular flexibility index (Phi) is 5.13. The molecule has 0 spiro atoms. The summed E-state index contributed by atoms with van der Waals surface area (Å²) in [6, 6.07) is 8.97. The number of methoxy groups -OCH3 is 1. The van der Waals surface area contributed by atoms with Crippen molar-refractivity contribution in [3.63, 3.8) is 0 Å². The maximum absolute atomic E-state index is 5.96. The van der Waals surface area contributed by atoms with E-state index in [2.05, 4.69) is 31.9 Å². The average Bonchev–Trinajstić information content (AvgIpc) is 2.42. The van der Waals surface area contributed by atoms with Gasteiger partial charge in [0.25, 0.3) is 0 Å². The van der Waals surface area contributed by atoms with E-state index < -0.39 is 0 Å². The molecule has 0 aromatic heterocycles. The Bertz CT molecular complexity index is 637. The second kappa shape index (κ2) is 6.68. The van der Waals surface area contributed by atoms with E-state index in [9.17, 15) is 0 Å². The molecule has 0 fully saturated rings. The fourth-order valence-corrected chi connectivity index (χ4v) is 3.31. The number of hydrogen-bond donors (Lipinski definition) is 2. The molecule has 6 heteroatoms. The first-order valence-corrected chi connectivity index (χ1v) is 7.87. The fourth-order valence-electron chi connectivity index (χ4n) is 1.93. The van der Waals surface area contributed by atoms with Crippen LogP contribution in [-0.4, -0.2) is 7.11 Å². The third-order valence-electron chi connectivity index (χ3n) is 2.93. The largest absolute Gasteiger partial charge is 0.496 e. The van der Waals surface area contributed by atoms with Crippen molar-refractivity contribution in [2.75, 3.05) is 12.8 Å². The SMILES string of the molecule is COc1ccc(Oc2c(Br)cc(N)cc2Br)cc1C(C)N. The summed E-state index contributed by atoms with van der Waals surface area (Å²) < 4.78 is 12.8. The molecule has 0 radical (unpaired) electrons. The van der Waals surface area contributed by atoms with Gasteiger partial charge in [-0.1, -0.05) is 0 Å². The molecular formula is C15H16Br2N2O2. The minimum atomic E-state index is -0.151. The molecule has 0 aliphatic rings. The van der Waals surface area contributed by atoms with Gasteiger partial charge in [0.05, 0.1) is 16.1 Å². The molecular weight excluding hydrogens is 400 g/mol. The predicted molar refractivity (Wildman–Crippen MR) is 91.9 cm³/mol. The van der Waals surface area contributed by atoms with Crippen LogP contribution < -0.4 is 20.9 Å². The number of benzene rings is 2. The zero-order chi connectivity index (χ0) is 15.6. The van der Waals surface area contributed by atoms with Gasteiger partial charge in [0.2, 0.25) is 0 Å². The molecule has 1 atom stereocenters. The minimum absolute atomic E-state index is 0.151. The first-order valence-electron chi connectivity index (χ1n) is 6.28. The molecule has 112 valence electrons. The Labute approximate surface area is 140 Å². The first-order chi connectivity index (χ1) is 9.92. The summed E-state index contributed by atoms with van der Waals surface area (Å²) in [5, 5.41) is 0. The van der Waals surface area contributed by atoms with Gasteiger partial charge in [0.1, 0.15) is 11.5 Å². The summed E-state index contributed by atoms with van der Waals surface area (Å²) in [5.41, 5.74) is 13.3. The highest BCUT2D eigenvalue weighted by molar-refractivity contribution is 9.11. The number of anilines is 1. The van der Waals surface area contributed by atoms with E-state index >= 15 is 0 Å². The van der Waals surface area contributed by atoms with E-state index in [-0.39, 0.29) is 6.04 Å². The number of ether oxygens (including phenoxy) is 2. The van der Waals surface area contributed by atoms with Gasteiger partial charge in [0.15, 0.2) is 5.75 Å². The molecule has 0 aliphatic heterocycles. The maximum Gasteiger partial charge on any atom is 0.155 e. The third-order valence-corrected chi connectivity index (χ3v) is 4.11. The van der Waals surface area contributed by atoms with Crippen LogP contribution >= 0.6 is 31.9 Å². The quantitative estimate of drug-likeness (QED) is 0.715. The van der Waals surface area contributed by atoms with Crippen molar-refractivity contribution in [1.82, 2.24) is 0 Å². The molecule has 0 saturated heterocycles. The Morgan fingerprint density at radius 2 is 1.71 bits per heavy atom. The van der Waals surface area contributed by atoms with E-state index in [1.54, 1.807) is 19.2 Å². The van der Waals surface area contributed by atoms with Crippen LogP contribution in [0.1, 0.15) is 18.5 Å². The number of nitrogens with two attached hydrogens (primary N) is 2. The summed E-state index contributed by atoms with van der Waals surface area (Å²) >= 11 is 6.89. The zero-order valence-electron chi connectivity index (χ0n) is 11.7. The van der Waals surface area contributed by atoms with Crippen molar-refractivity contribution in [2.45, 2.75) is 13.0 Å². The second-order valence-corrected chi connectivity index (χ2v) is 6.32. The van der Waals surface area contributed by atoms with Crippen LogP contribution in [0.3, 0.4) is 0 Å². The summed E-state index contributed by atoms with van der Waals surface area (Å²) in [7, 11) is 1.62. The minimum Gasteiger partial charge on any atom is -0.496 e. The van der Waals surface area contributed by atoms with Gasteiger partial charge in [0, 0.05) is 17.3 Å². The van der Waals surface area contributed by atoms with E-state index in [1.165, 1.54) is 0 Å². The van der Waals surface area contributed by atoms with Gasteiger partial charge < -0.3 is 20.9 Å². The Balaban J connectivity index is 2.39. The summed E-state index contributed by atoms with van der Waals surface area (Å²) in [6.45, 7) is 1.90. The normalized spacial score (nSPS) is 12.0. The van der Waals surface area contributed by atoms with Crippen LogP contribution in [0, 0.1) is 0 Å². The second-order valence-electron chi connectivity index (χ2n) is 4.61. The molecule has 4 nitrogen and oxygen atoms in total. The molecule has 0 heterocycles. The number of hydrogen-bond acceptors (Lipinski definition) is 4. The third kappa shape index (κ3) is 3.70. The molecule has 2 aromatic rings. The monoisotopic (exact) mass is 414 g/mol. The van der Waals surface area contributed by atoms with Crippen molar-refractivity contribution < 1.29 is 9.47 Å². The van der Waals surface area contributed by atoms with Gasteiger partial charge in [-0.3, -0.25) is 0 Å². The van der Waals surface area contributed by atoms with E-state index in [4.69, 9.17) is 20.9 Å². The summed E-state index contributed by atoms with van der Waals surface area (Å²) in [4.78, 5) is 0. The van der Waals surface area contributed by atoms with Crippen LogP contribution in [0.15, 0.2) is 39.3 Å². The average molecular weight is 416 g/mol. The van der Waals surface area contributed by atoms with Gasteiger partial charge >= 0.3 is 0 Å². The lowest BCUT2D eigenvalue weighted by Gasteiger charge is -2.15. The first kappa shape index (κ1) is 16.1. The summed E-state index contributed by atoms with van der Waals surface area (Å²) in [5.74, 6) is 2.08. The van der Waals surface area contributed by atoms with Gasteiger partial charge in [-0.25, -0.2) is 0 Å².